The van der Waals surface area contributed by atoms with Crippen LogP contribution >= 0.6 is 0 Å². The number of aromatic amines is 1. The molecule has 4 amide bonds. The molecule has 262 valence electrons. The molecule has 1 aromatic heterocycles. The van der Waals surface area contributed by atoms with Crippen LogP contribution in [-0.4, -0.2) is 137 Å². The molecule has 2 N–H and O–H groups in total. The monoisotopic (exact) mass is 670 g/mol. The van der Waals surface area contributed by atoms with Crippen LogP contribution < -0.4 is 5.32 Å². The molecule has 0 spiro atoms. The van der Waals surface area contributed by atoms with Crippen molar-refractivity contribution in [2.24, 2.45) is 0 Å². The van der Waals surface area contributed by atoms with Crippen molar-refractivity contribution in [3.8, 4) is 0 Å². The summed E-state index contributed by atoms with van der Waals surface area (Å²) in [5.74, 6) is -0.492. The molecular weight excluding hydrogens is 620 g/mol. The van der Waals surface area contributed by atoms with Crippen molar-refractivity contribution in [1.29, 1.82) is 0 Å². The van der Waals surface area contributed by atoms with Gasteiger partial charge in [0.25, 0.3) is 5.91 Å². The maximum Gasteiger partial charge on any atom is 0.410 e. The Morgan fingerprint density at radius 3 is 2.35 bits per heavy atom. The highest BCUT2D eigenvalue weighted by atomic mass is 16.6. The van der Waals surface area contributed by atoms with Gasteiger partial charge in [-0.1, -0.05) is 31.2 Å². The number of nitrogens with zero attached hydrogens (tertiary/aromatic N) is 6. The van der Waals surface area contributed by atoms with Crippen LogP contribution in [0.3, 0.4) is 0 Å². The second kappa shape index (κ2) is 14.4. The Morgan fingerprint density at radius 2 is 1.59 bits per heavy atom. The lowest BCUT2D eigenvalue weighted by molar-refractivity contribution is -0.143. The smallest absolute Gasteiger partial charge is 0.410 e. The Bertz CT molecular complexity index is 1650. The number of hydrogen-bond donors (Lipinski definition) is 2. The first kappa shape index (κ1) is 33.3. The molecule has 12 heteroatoms. The number of aryl methyl sites for hydroxylation is 1. The van der Waals surface area contributed by atoms with Crippen LogP contribution in [0.25, 0.3) is 11.0 Å². The maximum atomic E-state index is 14.3. The quantitative estimate of drug-likeness (QED) is 0.403. The van der Waals surface area contributed by atoms with Crippen molar-refractivity contribution in [2.45, 2.75) is 70.1 Å². The number of ether oxygens (including phenoxy) is 1. The van der Waals surface area contributed by atoms with Crippen molar-refractivity contribution in [3.05, 3.63) is 59.4 Å². The summed E-state index contributed by atoms with van der Waals surface area (Å²) in [6, 6.07) is 12.4. The lowest BCUT2D eigenvalue weighted by Gasteiger charge is -2.43. The predicted octanol–water partition coefficient (Wildman–Crippen LogP) is 4.27. The van der Waals surface area contributed by atoms with Gasteiger partial charge in [0.15, 0.2) is 6.10 Å². The number of hydrogen-bond acceptors (Lipinski definition) is 7. The van der Waals surface area contributed by atoms with Gasteiger partial charge in [0, 0.05) is 82.6 Å². The Labute approximate surface area is 288 Å². The number of likely N-dealkylation sites (tertiary alicyclic amines) is 2. The number of carbonyl (C=O) groups excluding carboxylic acids is 3. The van der Waals surface area contributed by atoms with E-state index in [-0.39, 0.29) is 23.9 Å². The van der Waals surface area contributed by atoms with Crippen molar-refractivity contribution in [1.82, 2.24) is 34.5 Å². The van der Waals surface area contributed by atoms with Gasteiger partial charge in [-0.25, -0.2) is 14.6 Å². The average molecular weight is 671 g/mol. The van der Waals surface area contributed by atoms with E-state index in [0.717, 1.165) is 78.9 Å². The minimum absolute atomic E-state index is 0.0282. The minimum Gasteiger partial charge on any atom is -0.435 e. The Morgan fingerprint density at radius 1 is 0.898 bits per heavy atom. The molecule has 7 rings (SSSR count). The number of imidazole rings is 1. The number of fused-ring (bicyclic) bond motifs is 2. The van der Waals surface area contributed by atoms with E-state index in [1.807, 2.05) is 47.9 Å². The molecule has 3 fully saturated rings. The van der Waals surface area contributed by atoms with Crippen molar-refractivity contribution in [2.75, 3.05) is 71.3 Å². The topological polar surface area (TPSA) is 117 Å². The lowest BCUT2D eigenvalue weighted by Crippen LogP contribution is -2.55. The number of nitrogens with one attached hydrogen (secondary N) is 2. The molecule has 0 aliphatic carbocycles. The summed E-state index contributed by atoms with van der Waals surface area (Å²) >= 11 is 0. The Hall–Kier alpha value is -4.16. The van der Waals surface area contributed by atoms with E-state index in [9.17, 15) is 14.4 Å². The van der Waals surface area contributed by atoms with Gasteiger partial charge in [-0.05, 0) is 74.9 Å². The van der Waals surface area contributed by atoms with E-state index < -0.39 is 12.2 Å². The minimum atomic E-state index is -0.958. The molecule has 4 aliphatic heterocycles. The summed E-state index contributed by atoms with van der Waals surface area (Å²) < 4.78 is 6.23. The third-order valence-corrected chi connectivity index (χ3v) is 11.3. The highest BCUT2D eigenvalue weighted by molar-refractivity contribution is 5.91. The van der Waals surface area contributed by atoms with Gasteiger partial charge in [-0.2, -0.15) is 0 Å². The van der Waals surface area contributed by atoms with Gasteiger partial charge in [0.1, 0.15) is 0 Å². The Kier molecular flexibility index (Phi) is 9.77. The summed E-state index contributed by atoms with van der Waals surface area (Å²) in [6.45, 7) is 11.1. The summed E-state index contributed by atoms with van der Waals surface area (Å²) in [5, 5.41) is 3.07. The van der Waals surface area contributed by atoms with Crippen LogP contribution in [0, 0.1) is 6.92 Å². The fourth-order valence-electron chi connectivity index (χ4n) is 8.16. The molecule has 4 aliphatic rings. The summed E-state index contributed by atoms with van der Waals surface area (Å²) in [7, 11) is 2.17. The average Bonchev–Trinajstić information content (AvgIpc) is 3.54. The number of rotatable bonds is 6. The number of piperidine rings is 2. The number of urea groups is 1. The Balaban J connectivity index is 1.02. The first-order valence-corrected chi connectivity index (χ1v) is 18.0. The number of carbonyl (C=O) groups is 3. The number of aromatic nitrogens is 2. The standard InChI is InChI=1S/C37H50N8O4/c1-25-22-28(23-32-33(25)39-24-38-32)26(2)34(35(46)43-13-9-29(10-14-43)42-20-18-41(3)19-21-42)49-37(48)44-15-11-30(12-16-44)45-17-8-27-6-4-5-7-31(27)40-36(45)47/h4-7,22-24,26,29-30,34H,8-21H2,1-3H3,(H,38,39)(H,40,47)/t26-,34?/m1/s1. The van der Waals surface area contributed by atoms with E-state index in [4.69, 9.17) is 4.74 Å². The molecule has 49 heavy (non-hydrogen) atoms. The number of amides is 4. The normalized spacial score (nSPS) is 21.6. The third-order valence-electron chi connectivity index (χ3n) is 11.3. The highest BCUT2D eigenvalue weighted by Crippen LogP contribution is 2.31. The second-order valence-electron chi connectivity index (χ2n) is 14.4. The summed E-state index contributed by atoms with van der Waals surface area (Å²) in [6.07, 6.45) is 4.19. The van der Waals surface area contributed by atoms with Crippen LogP contribution in [0.15, 0.2) is 42.7 Å². The van der Waals surface area contributed by atoms with Gasteiger partial charge >= 0.3 is 12.1 Å². The van der Waals surface area contributed by atoms with Crippen LogP contribution in [0.1, 0.15) is 55.2 Å². The molecule has 0 bridgehead atoms. The fraction of sp³-hybridized carbons (Fsp3) is 0.568. The molecule has 2 atom stereocenters. The predicted molar refractivity (Wildman–Crippen MR) is 189 cm³/mol. The summed E-state index contributed by atoms with van der Waals surface area (Å²) in [5.41, 5.74) is 5.73. The first-order chi connectivity index (χ1) is 23.7. The molecule has 2 aromatic carbocycles. The fourth-order valence-corrected chi connectivity index (χ4v) is 8.16. The van der Waals surface area contributed by atoms with E-state index in [0.29, 0.717) is 51.6 Å². The number of anilines is 1. The molecule has 12 nitrogen and oxygen atoms in total. The van der Waals surface area contributed by atoms with Gasteiger partial charge < -0.3 is 34.6 Å². The molecular formula is C37H50N8O4. The third kappa shape index (κ3) is 7.12. The van der Waals surface area contributed by atoms with Crippen molar-refractivity contribution in [3.63, 3.8) is 0 Å². The van der Waals surface area contributed by atoms with Crippen LogP contribution in [0.5, 0.6) is 0 Å². The number of para-hydroxylation sites is 1. The van der Waals surface area contributed by atoms with E-state index in [2.05, 4.69) is 44.3 Å². The number of benzene rings is 2. The zero-order valence-electron chi connectivity index (χ0n) is 29.1. The van der Waals surface area contributed by atoms with E-state index in [1.54, 1.807) is 11.2 Å². The number of piperazine rings is 1. The zero-order chi connectivity index (χ0) is 34.1. The van der Waals surface area contributed by atoms with Gasteiger partial charge in [-0.15, -0.1) is 0 Å². The van der Waals surface area contributed by atoms with Crippen molar-refractivity contribution < 1.29 is 19.1 Å². The van der Waals surface area contributed by atoms with Crippen LogP contribution in [0.2, 0.25) is 0 Å². The molecule has 0 saturated carbocycles. The van der Waals surface area contributed by atoms with Gasteiger partial charge in [0.2, 0.25) is 0 Å². The van der Waals surface area contributed by atoms with E-state index >= 15 is 0 Å². The van der Waals surface area contributed by atoms with Gasteiger partial charge in [-0.3, -0.25) is 9.69 Å². The van der Waals surface area contributed by atoms with Crippen LogP contribution in [-0.2, 0) is 16.0 Å². The molecule has 3 aromatic rings. The van der Waals surface area contributed by atoms with E-state index in [1.165, 1.54) is 0 Å². The van der Waals surface area contributed by atoms with Crippen LogP contribution in [0.4, 0.5) is 15.3 Å². The second-order valence-corrected chi connectivity index (χ2v) is 14.4. The highest BCUT2D eigenvalue weighted by Gasteiger charge is 2.39. The largest absolute Gasteiger partial charge is 0.435 e. The first-order valence-electron chi connectivity index (χ1n) is 18.0. The van der Waals surface area contributed by atoms with Gasteiger partial charge in [0.05, 0.1) is 17.4 Å². The molecule has 3 saturated heterocycles. The molecule has 0 radical (unpaired) electrons. The van der Waals surface area contributed by atoms with Crippen molar-refractivity contribution >= 4 is 34.8 Å². The number of H-pyrrole nitrogens is 1. The number of likely N-dealkylation sites (N-methyl/N-ethyl adjacent to an activating group) is 1. The molecule has 5 heterocycles. The molecule has 1 unspecified atom stereocenters. The lowest BCUT2D eigenvalue weighted by atomic mass is 9.91. The SMILES string of the molecule is Cc1cc([C@@H](C)C(OC(=O)N2CCC(N3CCc4ccccc4NC3=O)CC2)C(=O)N2CCC(N3CCN(C)CC3)CC2)cc2[nH]cnc12. The summed E-state index contributed by atoms with van der Waals surface area (Å²) in [4.78, 5) is 59.4. The zero-order valence-corrected chi connectivity index (χ0v) is 29.1. The maximum absolute atomic E-state index is 14.3.